The molecule has 0 aromatic heterocycles. The van der Waals surface area contributed by atoms with Gasteiger partial charge in [0, 0.05) is 24.2 Å². The van der Waals surface area contributed by atoms with E-state index in [1.165, 1.54) is 0 Å². The Kier molecular flexibility index (Phi) is 4.88. The average molecular weight is 463 g/mol. The number of rotatable bonds is 0. The zero-order valence-electron chi connectivity index (χ0n) is 20.6. The Balaban J connectivity index is 1.31. The minimum Gasteiger partial charge on any atom is -0.393 e. The first-order chi connectivity index (χ1) is 15.5. The number of hydrogen-bond donors (Lipinski definition) is 3. The van der Waals surface area contributed by atoms with Gasteiger partial charge in [-0.3, -0.25) is 4.79 Å². The maximum absolute atomic E-state index is 13.1. The molecule has 3 N–H and O–H groups in total. The maximum atomic E-state index is 13.1. The number of fused-ring (bicyclic) bond motifs is 7. The molecule has 186 valence electrons. The molecule has 2 aliphatic heterocycles. The first-order valence-electron chi connectivity index (χ1n) is 13.4. The number of aliphatic hydroxyl groups excluding tert-OH is 2. The zero-order valence-corrected chi connectivity index (χ0v) is 20.6. The minimum absolute atomic E-state index is 0.0186. The summed E-state index contributed by atoms with van der Waals surface area (Å²) in [6.07, 6.45) is 4.52. The molecule has 6 nitrogen and oxygen atoms in total. The smallest absolute Gasteiger partial charge is 0.232 e. The largest absolute Gasteiger partial charge is 0.393 e. The summed E-state index contributed by atoms with van der Waals surface area (Å²) in [6, 6.07) is 0. The molecule has 6 rings (SSSR count). The molecule has 0 aromatic rings. The van der Waals surface area contributed by atoms with Crippen LogP contribution in [0, 0.1) is 46.3 Å². The van der Waals surface area contributed by atoms with E-state index in [1.807, 2.05) is 0 Å². The molecule has 6 aliphatic rings. The van der Waals surface area contributed by atoms with E-state index in [0.717, 1.165) is 25.7 Å². The third kappa shape index (κ3) is 2.71. The molecule has 6 fully saturated rings. The lowest BCUT2D eigenvalue weighted by Gasteiger charge is -2.65. The molecule has 4 aliphatic carbocycles. The van der Waals surface area contributed by atoms with E-state index in [9.17, 15) is 20.1 Å². The third-order valence-corrected chi connectivity index (χ3v) is 11.9. The van der Waals surface area contributed by atoms with Crippen LogP contribution < -0.4 is 0 Å². The SMILES string of the molecule is C[C@H]1CO[C@@]2(O[C@H]3C[C@H]4[C@@H]5C[C@@H](O)[C@@]6(O)C[C@@H](O)CC[C@]6(C)[C@H]5CC[C@]4(C)[C@H]3[C@@H]2C)C(=O)C1. The van der Waals surface area contributed by atoms with Crippen molar-refractivity contribution in [2.75, 3.05) is 6.61 Å². The lowest BCUT2D eigenvalue weighted by atomic mass is 9.42. The molecular formula is C27H42O6. The Morgan fingerprint density at radius 3 is 2.52 bits per heavy atom. The number of carbonyl (C=O) groups excluding carboxylic acids is 1. The van der Waals surface area contributed by atoms with Crippen LogP contribution >= 0.6 is 0 Å². The van der Waals surface area contributed by atoms with Crippen molar-refractivity contribution >= 4 is 5.78 Å². The van der Waals surface area contributed by atoms with Crippen molar-refractivity contribution in [1.82, 2.24) is 0 Å². The van der Waals surface area contributed by atoms with Crippen LogP contribution in [0.1, 0.15) is 79.1 Å². The van der Waals surface area contributed by atoms with Gasteiger partial charge in [-0.1, -0.05) is 27.7 Å². The minimum atomic E-state index is -1.21. The van der Waals surface area contributed by atoms with Gasteiger partial charge in [-0.05, 0) is 73.5 Å². The van der Waals surface area contributed by atoms with Gasteiger partial charge >= 0.3 is 0 Å². The first kappa shape index (κ1) is 22.9. The van der Waals surface area contributed by atoms with E-state index >= 15 is 0 Å². The summed E-state index contributed by atoms with van der Waals surface area (Å²) in [4.78, 5) is 13.1. The summed E-state index contributed by atoms with van der Waals surface area (Å²) < 4.78 is 12.8. The molecule has 0 radical (unpaired) electrons. The van der Waals surface area contributed by atoms with Gasteiger partial charge in [-0.15, -0.1) is 0 Å². The molecule has 0 amide bonds. The monoisotopic (exact) mass is 462 g/mol. The van der Waals surface area contributed by atoms with E-state index in [1.54, 1.807) is 0 Å². The van der Waals surface area contributed by atoms with Crippen molar-refractivity contribution in [3.8, 4) is 0 Å². The average Bonchev–Trinajstić information content (AvgIpc) is 3.19. The molecule has 2 heterocycles. The third-order valence-electron chi connectivity index (χ3n) is 11.9. The Hall–Kier alpha value is -0.530. The Bertz CT molecular complexity index is 846. The summed E-state index contributed by atoms with van der Waals surface area (Å²) in [5, 5.41) is 33.2. The Morgan fingerprint density at radius 2 is 1.79 bits per heavy atom. The molecular weight excluding hydrogens is 420 g/mol. The Labute approximate surface area is 197 Å². The van der Waals surface area contributed by atoms with Crippen molar-refractivity contribution in [2.24, 2.45) is 46.3 Å². The van der Waals surface area contributed by atoms with Crippen molar-refractivity contribution in [3.63, 3.8) is 0 Å². The molecule has 4 saturated carbocycles. The summed E-state index contributed by atoms with van der Waals surface area (Å²) in [6.45, 7) is 9.37. The van der Waals surface area contributed by atoms with Crippen LogP contribution in [-0.4, -0.2) is 57.4 Å². The summed E-state index contributed by atoms with van der Waals surface area (Å²) >= 11 is 0. The lowest BCUT2D eigenvalue weighted by Crippen LogP contribution is -2.68. The number of ether oxygens (including phenoxy) is 2. The predicted octanol–water partition coefficient (Wildman–Crippen LogP) is 3.06. The van der Waals surface area contributed by atoms with Gasteiger partial charge in [0.05, 0.1) is 30.5 Å². The van der Waals surface area contributed by atoms with Crippen molar-refractivity contribution in [3.05, 3.63) is 0 Å². The fourth-order valence-corrected chi connectivity index (χ4v) is 10.2. The summed E-state index contributed by atoms with van der Waals surface area (Å²) in [7, 11) is 0. The highest BCUT2D eigenvalue weighted by atomic mass is 16.7. The number of aliphatic hydroxyl groups is 3. The van der Waals surface area contributed by atoms with E-state index in [4.69, 9.17) is 9.47 Å². The van der Waals surface area contributed by atoms with Gasteiger partial charge in [0.2, 0.25) is 5.79 Å². The van der Waals surface area contributed by atoms with Gasteiger partial charge in [-0.2, -0.15) is 0 Å². The van der Waals surface area contributed by atoms with Crippen LogP contribution in [0.2, 0.25) is 0 Å². The molecule has 13 atom stereocenters. The highest BCUT2D eigenvalue weighted by Gasteiger charge is 2.73. The molecule has 0 aromatic carbocycles. The molecule has 33 heavy (non-hydrogen) atoms. The topological polar surface area (TPSA) is 96.2 Å². The Morgan fingerprint density at radius 1 is 1.03 bits per heavy atom. The molecule has 0 bridgehead atoms. The van der Waals surface area contributed by atoms with Gasteiger partial charge < -0.3 is 24.8 Å². The number of hydrogen-bond acceptors (Lipinski definition) is 6. The van der Waals surface area contributed by atoms with Gasteiger partial charge in [0.15, 0.2) is 5.78 Å². The van der Waals surface area contributed by atoms with Crippen molar-refractivity contribution < 1.29 is 29.6 Å². The first-order valence-corrected chi connectivity index (χ1v) is 13.4. The van der Waals surface area contributed by atoms with E-state index in [0.29, 0.717) is 43.6 Å². The normalized spacial score (nSPS) is 62.5. The van der Waals surface area contributed by atoms with Gasteiger partial charge in [0.25, 0.3) is 0 Å². The molecule has 6 heteroatoms. The maximum Gasteiger partial charge on any atom is 0.232 e. The quantitative estimate of drug-likeness (QED) is 0.512. The predicted molar refractivity (Wildman–Crippen MR) is 121 cm³/mol. The van der Waals surface area contributed by atoms with Crippen LogP contribution in [0.3, 0.4) is 0 Å². The van der Waals surface area contributed by atoms with E-state index < -0.39 is 23.6 Å². The van der Waals surface area contributed by atoms with Crippen LogP contribution in [0.5, 0.6) is 0 Å². The van der Waals surface area contributed by atoms with Gasteiger partial charge in [0.1, 0.15) is 0 Å². The fourth-order valence-electron chi connectivity index (χ4n) is 10.2. The molecule has 2 saturated heterocycles. The second-order valence-corrected chi connectivity index (χ2v) is 13.3. The van der Waals surface area contributed by atoms with E-state index in [2.05, 4.69) is 27.7 Å². The standard InChI is InChI=1S/C27H42O6/c1-14-9-22(30)27(32-13-14)15(2)23-20(33-27)11-19-17-10-21(29)26(31)12-16(28)5-8-25(26,4)18(17)6-7-24(19,23)3/h14-21,23,28-29,31H,5-13H2,1-4H3/t14-,15+,16+,17-,18+,19+,20+,21-,23+,24+,25-,26+,27+/m1/s1. The van der Waals surface area contributed by atoms with E-state index in [-0.39, 0.29) is 46.9 Å². The van der Waals surface area contributed by atoms with Crippen LogP contribution in [0.25, 0.3) is 0 Å². The van der Waals surface area contributed by atoms with Gasteiger partial charge in [-0.25, -0.2) is 0 Å². The summed E-state index contributed by atoms with van der Waals surface area (Å²) in [5.41, 5.74) is -1.54. The van der Waals surface area contributed by atoms with Crippen LogP contribution in [-0.2, 0) is 14.3 Å². The van der Waals surface area contributed by atoms with Crippen molar-refractivity contribution in [1.29, 1.82) is 0 Å². The zero-order chi connectivity index (χ0) is 23.6. The second-order valence-electron chi connectivity index (χ2n) is 13.3. The lowest BCUT2D eigenvalue weighted by molar-refractivity contribution is -0.270. The second kappa shape index (κ2) is 7.03. The fraction of sp³-hybridized carbons (Fsp3) is 0.963. The highest BCUT2D eigenvalue weighted by molar-refractivity contribution is 5.87. The molecule has 1 spiro atoms. The molecule has 0 unspecified atom stereocenters. The summed E-state index contributed by atoms with van der Waals surface area (Å²) in [5.74, 6) is 0.683. The number of carbonyl (C=O) groups is 1. The highest BCUT2D eigenvalue weighted by Crippen LogP contribution is 2.71. The number of ketones is 1. The van der Waals surface area contributed by atoms with Crippen LogP contribution in [0.4, 0.5) is 0 Å². The van der Waals surface area contributed by atoms with Crippen LogP contribution in [0.15, 0.2) is 0 Å². The number of Topliss-reactive ketones (excluding diaryl/α,β-unsaturated/α-hetero) is 1. The van der Waals surface area contributed by atoms with Crippen molar-refractivity contribution in [2.45, 2.75) is 109 Å².